The van der Waals surface area contributed by atoms with Crippen molar-refractivity contribution in [1.82, 2.24) is 10.2 Å². The van der Waals surface area contributed by atoms with Crippen molar-refractivity contribution < 1.29 is 0 Å². The van der Waals surface area contributed by atoms with E-state index < -0.39 is 0 Å². The summed E-state index contributed by atoms with van der Waals surface area (Å²) in [6.45, 7) is 2.34. The predicted octanol–water partition coefficient (Wildman–Crippen LogP) is 1.06. The highest BCUT2D eigenvalue weighted by molar-refractivity contribution is 5.30. The Morgan fingerprint density at radius 1 is 1.20 bits per heavy atom. The Labute approximate surface area is 91.3 Å². The highest BCUT2D eigenvalue weighted by Gasteiger charge is 2.28. The minimum Gasteiger partial charge on any atom is -0.311 e. The Morgan fingerprint density at radius 2 is 1.93 bits per heavy atom. The van der Waals surface area contributed by atoms with E-state index in [9.17, 15) is 0 Å². The molecule has 2 unspecified atom stereocenters. The van der Waals surface area contributed by atoms with Crippen LogP contribution in [0.3, 0.4) is 0 Å². The molecule has 1 saturated heterocycles. The molecular weight excluding hydrogens is 184 g/mol. The lowest BCUT2D eigenvalue weighted by molar-refractivity contribution is 0.156. The second-order valence-electron chi connectivity index (χ2n) is 4.88. The van der Waals surface area contributed by atoms with Crippen LogP contribution < -0.4 is 5.32 Å². The van der Waals surface area contributed by atoms with Crippen LogP contribution in [-0.4, -0.2) is 37.1 Å². The van der Waals surface area contributed by atoms with Gasteiger partial charge in [-0.3, -0.25) is 0 Å². The number of benzene rings is 1. The summed E-state index contributed by atoms with van der Waals surface area (Å²) < 4.78 is 0. The molecule has 0 aromatic heterocycles. The van der Waals surface area contributed by atoms with Crippen molar-refractivity contribution in [3.8, 4) is 0 Å². The zero-order chi connectivity index (χ0) is 10.3. The summed E-state index contributed by atoms with van der Waals surface area (Å²) in [7, 11) is 2.26. The van der Waals surface area contributed by atoms with Crippen LogP contribution in [-0.2, 0) is 12.8 Å². The quantitative estimate of drug-likeness (QED) is 0.676. The van der Waals surface area contributed by atoms with Gasteiger partial charge < -0.3 is 10.2 Å². The molecule has 4 rings (SSSR count). The van der Waals surface area contributed by atoms with Crippen LogP contribution in [0, 0.1) is 0 Å². The van der Waals surface area contributed by atoms with Gasteiger partial charge in [-0.1, -0.05) is 24.3 Å². The second kappa shape index (κ2) is 3.62. The number of rotatable bonds is 0. The van der Waals surface area contributed by atoms with Crippen molar-refractivity contribution in [2.75, 3.05) is 20.1 Å². The molecule has 0 amide bonds. The summed E-state index contributed by atoms with van der Waals surface area (Å²) in [6.07, 6.45) is 2.39. The monoisotopic (exact) mass is 202 g/mol. The topological polar surface area (TPSA) is 15.3 Å². The van der Waals surface area contributed by atoms with Gasteiger partial charge in [0.15, 0.2) is 0 Å². The first-order valence-electron chi connectivity index (χ1n) is 5.83. The maximum atomic E-state index is 3.65. The molecule has 15 heavy (non-hydrogen) atoms. The third-order valence-corrected chi connectivity index (χ3v) is 3.81. The fourth-order valence-corrected chi connectivity index (χ4v) is 2.86. The standard InChI is InChI=1S/C13H18N2/c1-15-9-12-6-10-4-2-3-5-11(10)7-13(15)8-14-12/h2-5,12-14H,6-9H2,1H3. The Balaban J connectivity index is 1.98. The molecule has 2 bridgehead atoms. The van der Waals surface area contributed by atoms with Crippen molar-refractivity contribution in [1.29, 1.82) is 0 Å². The van der Waals surface area contributed by atoms with Crippen molar-refractivity contribution in [3.05, 3.63) is 35.4 Å². The minimum absolute atomic E-state index is 0.646. The average molecular weight is 202 g/mol. The molecule has 3 aliphatic rings. The molecule has 3 heterocycles. The lowest BCUT2D eigenvalue weighted by Crippen LogP contribution is -2.57. The van der Waals surface area contributed by atoms with Crippen LogP contribution in [0.1, 0.15) is 11.1 Å². The van der Waals surface area contributed by atoms with E-state index >= 15 is 0 Å². The summed E-state index contributed by atoms with van der Waals surface area (Å²) in [6, 6.07) is 10.2. The van der Waals surface area contributed by atoms with Gasteiger partial charge in [-0.05, 0) is 31.0 Å². The first-order valence-corrected chi connectivity index (χ1v) is 5.83. The maximum Gasteiger partial charge on any atom is 0.0258 e. The van der Waals surface area contributed by atoms with Crippen LogP contribution in [0.15, 0.2) is 24.3 Å². The van der Waals surface area contributed by atoms with Gasteiger partial charge in [0.2, 0.25) is 0 Å². The molecular formula is C13H18N2. The number of likely N-dealkylation sites (N-methyl/N-ethyl adjacent to an activating group) is 1. The highest BCUT2D eigenvalue weighted by Crippen LogP contribution is 2.21. The lowest BCUT2D eigenvalue weighted by atomic mass is 9.89. The fourth-order valence-electron chi connectivity index (χ4n) is 2.86. The highest BCUT2D eigenvalue weighted by atomic mass is 15.2. The van der Waals surface area contributed by atoms with Gasteiger partial charge >= 0.3 is 0 Å². The van der Waals surface area contributed by atoms with Crippen molar-refractivity contribution in [3.63, 3.8) is 0 Å². The van der Waals surface area contributed by atoms with E-state index in [1.165, 1.54) is 19.4 Å². The van der Waals surface area contributed by atoms with Gasteiger partial charge in [0.25, 0.3) is 0 Å². The molecule has 0 spiro atoms. The van der Waals surface area contributed by atoms with Crippen molar-refractivity contribution in [2.45, 2.75) is 24.9 Å². The van der Waals surface area contributed by atoms with E-state index in [0.29, 0.717) is 12.1 Å². The molecule has 1 aromatic carbocycles. The molecule has 1 N–H and O–H groups in total. The first-order chi connectivity index (χ1) is 7.33. The molecule has 0 aliphatic carbocycles. The maximum absolute atomic E-state index is 3.65. The largest absolute Gasteiger partial charge is 0.311 e. The summed E-state index contributed by atoms with van der Waals surface area (Å²) in [4.78, 5) is 2.51. The molecule has 2 heteroatoms. The zero-order valence-electron chi connectivity index (χ0n) is 9.24. The Hall–Kier alpha value is -0.860. The smallest absolute Gasteiger partial charge is 0.0258 e. The van der Waals surface area contributed by atoms with Crippen LogP contribution >= 0.6 is 0 Å². The van der Waals surface area contributed by atoms with Gasteiger partial charge in [0.05, 0.1) is 0 Å². The van der Waals surface area contributed by atoms with E-state index in [-0.39, 0.29) is 0 Å². The molecule has 2 atom stereocenters. The van der Waals surface area contributed by atoms with Gasteiger partial charge in [-0.15, -0.1) is 0 Å². The number of nitrogens with zero attached hydrogens (tertiary/aromatic N) is 1. The number of fused-ring (bicyclic) bond motifs is 2. The zero-order valence-corrected chi connectivity index (χ0v) is 9.24. The third-order valence-electron chi connectivity index (χ3n) is 3.81. The van der Waals surface area contributed by atoms with Crippen molar-refractivity contribution in [2.24, 2.45) is 0 Å². The summed E-state index contributed by atoms with van der Waals surface area (Å²) in [5.41, 5.74) is 3.10. The van der Waals surface area contributed by atoms with E-state index in [0.717, 1.165) is 6.54 Å². The molecule has 1 aromatic rings. The van der Waals surface area contributed by atoms with E-state index in [1.807, 2.05) is 0 Å². The summed E-state index contributed by atoms with van der Waals surface area (Å²) in [5.74, 6) is 0. The molecule has 80 valence electrons. The minimum atomic E-state index is 0.646. The molecule has 2 nitrogen and oxygen atoms in total. The summed E-state index contributed by atoms with van der Waals surface area (Å²) in [5, 5.41) is 3.65. The molecule has 0 radical (unpaired) electrons. The Bertz CT molecular complexity index is 361. The van der Waals surface area contributed by atoms with Crippen LogP contribution in [0.4, 0.5) is 0 Å². The number of hydrogen-bond acceptors (Lipinski definition) is 2. The predicted molar refractivity (Wildman–Crippen MR) is 62.1 cm³/mol. The van der Waals surface area contributed by atoms with Gasteiger partial charge in [0, 0.05) is 25.2 Å². The number of nitrogens with one attached hydrogen (secondary N) is 1. The van der Waals surface area contributed by atoms with Crippen molar-refractivity contribution >= 4 is 0 Å². The summed E-state index contributed by atoms with van der Waals surface area (Å²) >= 11 is 0. The van der Waals surface area contributed by atoms with Crippen LogP contribution in [0.5, 0.6) is 0 Å². The van der Waals surface area contributed by atoms with Gasteiger partial charge in [-0.25, -0.2) is 0 Å². The van der Waals surface area contributed by atoms with Crippen LogP contribution in [0.2, 0.25) is 0 Å². The SMILES string of the molecule is CN1CC2Cc3ccccc3CC1CN2. The van der Waals surface area contributed by atoms with E-state index in [2.05, 4.69) is 41.5 Å². The van der Waals surface area contributed by atoms with Gasteiger partial charge in [-0.2, -0.15) is 0 Å². The molecule has 1 fully saturated rings. The fraction of sp³-hybridized carbons (Fsp3) is 0.538. The number of piperazine rings is 1. The normalized spacial score (nSPS) is 30.7. The van der Waals surface area contributed by atoms with E-state index in [1.54, 1.807) is 11.1 Å². The number of hydrogen-bond donors (Lipinski definition) is 1. The Morgan fingerprint density at radius 3 is 2.67 bits per heavy atom. The van der Waals surface area contributed by atoms with E-state index in [4.69, 9.17) is 0 Å². The molecule has 0 saturated carbocycles. The lowest BCUT2D eigenvalue weighted by Gasteiger charge is -2.41. The first kappa shape index (κ1) is 9.37. The molecule has 3 aliphatic heterocycles. The Kier molecular flexibility index (Phi) is 2.26. The third kappa shape index (κ3) is 1.68. The average Bonchev–Trinajstić information content (AvgIpc) is 2.20. The van der Waals surface area contributed by atoms with Gasteiger partial charge in [0.1, 0.15) is 0 Å². The second-order valence-corrected chi connectivity index (χ2v) is 4.88. The van der Waals surface area contributed by atoms with Crippen LogP contribution in [0.25, 0.3) is 0 Å².